The van der Waals surface area contributed by atoms with E-state index >= 15 is 0 Å². The maximum absolute atomic E-state index is 13.7. The van der Waals surface area contributed by atoms with Gasteiger partial charge in [-0.1, -0.05) is 22.0 Å². The number of nitrogens with zero attached hydrogens (tertiary/aromatic N) is 1. The van der Waals surface area contributed by atoms with Crippen LogP contribution in [-0.2, 0) is 14.8 Å². The van der Waals surface area contributed by atoms with Crippen LogP contribution in [0.25, 0.3) is 0 Å². The van der Waals surface area contributed by atoms with Gasteiger partial charge in [-0.2, -0.15) is 4.31 Å². The summed E-state index contributed by atoms with van der Waals surface area (Å²) in [7, 11) is -3.64. The van der Waals surface area contributed by atoms with Gasteiger partial charge in [0.1, 0.15) is 17.3 Å². The van der Waals surface area contributed by atoms with Crippen molar-refractivity contribution >= 4 is 37.5 Å². The lowest BCUT2D eigenvalue weighted by molar-refractivity contribution is -0.121. The SMILES string of the molecule is O=C(Nc1c(F)cccc1F)C1CCN(S(=O)(=O)c2ccc(Br)cc2)CC1. The van der Waals surface area contributed by atoms with Gasteiger partial charge in [0.05, 0.1) is 4.90 Å². The van der Waals surface area contributed by atoms with E-state index in [0.717, 1.165) is 16.6 Å². The van der Waals surface area contributed by atoms with E-state index in [1.807, 2.05) is 0 Å². The summed E-state index contributed by atoms with van der Waals surface area (Å²) >= 11 is 3.26. The molecule has 1 aliphatic rings. The van der Waals surface area contributed by atoms with Gasteiger partial charge in [-0.3, -0.25) is 4.79 Å². The third-order valence-corrected chi connectivity index (χ3v) is 6.93. The van der Waals surface area contributed by atoms with E-state index in [1.165, 1.54) is 22.5 Å². The Morgan fingerprint density at radius 3 is 2.15 bits per heavy atom. The second kappa shape index (κ2) is 8.04. The monoisotopic (exact) mass is 458 g/mol. The van der Waals surface area contributed by atoms with Crippen LogP contribution >= 0.6 is 15.9 Å². The van der Waals surface area contributed by atoms with E-state index < -0.39 is 39.2 Å². The van der Waals surface area contributed by atoms with Crippen LogP contribution in [0.4, 0.5) is 14.5 Å². The molecule has 27 heavy (non-hydrogen) atoms. The molecule has 144 valence electrons. The molecule has 1 amide bonds. The molecule has 2 aromatic carbocycles. The average molecular weight is 459 g/mol. The molecular formula is C18H17BrF2N2O3S. The number of carbonyl (C=O) groups excluding carboxylic acids is 1. The van der Waals surface area contributed by atoms with E-state index in [1.54, 1.807) is 12.1 Å². The quantitative estimate of drug-likeness (QED) is 0.758. The van der Waals surface area contributed by atoms with E-state index in [-0.39, 0.29) is 30.8 Å². The zero-order valence-electron chi connectivity index (χ0n) is 14.2. The Morgan fingerprint density at radius 2 is 1.59 bits per heavy atom. The van der Waals surface area contributed by atoms with Crippen molar-refractivity contribution in [1.82, 2.24) is 4.31 Å². The van der Waals surface area contributed by atoms with Crippen LogP contribution in [0.2, 0.25) is 0 Å². The van der Waals surface area contributed by atoms with Gasteiger partial charge in [0, 0.05) is 23.5 Å². The zero-order valence-corrected chi connectivity index (χ0v) is 16.6. The number of rotatable bonds is 4. The Hall–Kier alpha value is -1.84. The summed E-state index contributed by atoms with van der Waals surface area (Å²) in [6, 6.07) is 9.66. The highest BCUT2D eigenvalue weighted by Crippen LogP contribution is 2.26. The fourth-order valence-electron chi connectivity index (χ4n) is 2.96. The van der Waals surface area contributed by atoms with Crippen molar-refractivity contribution in [3.05, 3.63) is 58.6 Å². The third-order valence-electron chi connectivity index (χ3n) is 4.49. The summed E-state index contributed by atoms with van der Waals surface area (Å²) in [5.74, 6) is -2.72. The summed E-state index contributed by atoms with van der Waals surface area (Å²) in [4.78, 5) is 12.5. The fraction of sp³-hybridized carbons (Fsp3) is 0.278. The molecule has 0 radical (unpaired) electrons. The number of para-hydroxylation sites is 1. The van der Waals surface area contributed by atoms with Crippen molar-refractivity contribution in [1.29, 1.82) is 0 Å². The number of amides is 1. The normalized spacial score (nSPS) is 16.3. The molecule has 0 aromatic heterocycles. The number of anilines is 1. The molecule has 0 aliphatic carbocycles. The molecule has 0 atom stereocenters. The molecule has 5 nitrogen and oxygen atoms in total. The van der Waals surface area contributed by atoms with E-state index in [0.29, 0.717) is 0 Å². The first-order valence-electron chi connectivity index (χ1n) is 8.29. The highest BCUT2D eigenvalue weighted by Gasteiger charge is 2.32. The molecule has 3 rings (SSSR count). The van der Waals surface area contributed by atoms with Gasteiger partial charge in [0.15, 0.2) is 0 Å². The first-order chi connectivity index (χ1) is 12.8. The molecule has 1 N–H and O–H groups in total. The number of benzene rings is 2. The van der Waals surface area contributed by atoms with Crippen LogP contribution < -0.4 is 5.32 Å². The number of halogens is 3. The van der Waals surface area contributed by atoms with Crippen LogP contribution in [0.3, 0.4) is 0 Å². The minimum absolute atomic E-state index is 0.163. The Kier molecular flexibility index (Phi) is 5.92. The topological polar surface area (TPSA) is 66.5 Å². The van der Waals surface area contributed by atoms with E-state index in [9.17, 15) is 22.0 Å². The molecule has 0 saturated carbocycles. The summed E-state index contributed by atoms with van der Waals surface area (Å²) in [5.41, 5.74) is -0.479. The molecule has 1 aliphatic heterocycles. The smallest absolute Gasteiger partial charge is 0.243 e. The van der Waals surface area contributed by atoms with Gasteiger partial charge < -0.3 is 5.32 Å². The summed E-state index contributed by atoms with van der Waals surface area (Å²) in [6.45, 7) is 0.326. The van der Waals surface area contributed by atoms with Crippen molar-refractivity contribution in [2.45, 2.75) is 17.7 Å². The van der Waals surface area contributed by atoms with E-state index in [2.05, 4.69) is 21.2 Å². The van der Waals surface area contributed by atoms with Crippen molar-refractivity contribution in [3.63, 3.8) is 0 Å². The van der Waals surface area contributed by atoms with Gasteiger partial charge in [-0.25, -0.2) is 17.2 Å². The Labute approximate surface area is 164 Å². The molecule has 9 heteroatoms. The van der Waals surface area contributed by atoms with Crippen molar-refractivity contribution in [2.24, 2.45) is 5.92 Å². The molecular weight excluding hydrogens is 442 g/mol. The number of nitrogens with one attached hydrogen (secondary N) is 1. The number of sulfonamides is 1. The lowest BCUT2D eigenvalue weighted by Crippen LogP contribution is -2.41. The fourth-order valence-corrected chi connectivity index (χ4v) is 4.69. The van der Waals surface area contributed by atoms with Crippen molar-refractivity contribution in [3.8, 4) is 0 Å². The predicted octanol–water partition coefficient (Wildman–Crippen LogP) is 3.77. The minimum Gasteiger partial charge on any atom is -0.321 e. The van der Waals surface area contributed by atoms with Gasteiger partial charge in [0.2, 0.25) is 15.9 Å². The van der Waals surface area contributed by atoms with Crippen molar-refractivity contribution < 1.29 is 22.0 Å². The zero-order chi connectivity index (χ0) is 19.6. The van der Waals surface area contributed by atoms with E-state index in [4.69, 9.17) is 0 Å². The summed E-state index contributed by atoms with van der Waals surface area (Å²) < 4.78 is 54.8. The number of hydrogen-bond donors (Lipinski definition) is 1. The largest absolute Gasteiger partial charge is 0.321 e. The second-order valence-corrected chi connectivity index (χ2v) is 9.07. The van der Waals surface area contributed by atoms with Gasteiger partial charge in [0.25, 0.3) is 0 Å². The summed E-state index contributed by atoms with van der Waals surface area (Å²) in [5, 5.41) is 2.28. The number of hydrogen-bond acceptors (Lipinski definition) is 3. The Balaban J connectivity index is 1.64. The standard InChI is InChI=1S/C18H17BrF2N2O3S/c19-13-4-6-14(7-5-13)27(25,26)23-10-8-12(9-11-23)18(24)22-17-15(20)2-1-3-16(17)21/h1-7,12H,8-11H2,(H,22,24). The second-order valence-electron chi connectivity index (χ2n) is 6.22. The molecule has 0 unspecified atom stereocenters. The highest BCUT2D eigenvalue weighted by molar-refractivity contribution is 9.10. The number of carbonyl (C=O) groups is 1. The first-order valence-corrected chi connectivity index (χ1v) is 10.5. The minimum atomic E-state index is -3.64. The van der Waals surface area contributed by atoms with Crippen molar-refractivity contribution in [2.75, 3.05) is 18.4 Å². The molecule has 0 bridgehead atoms. The highest BCUT2D eigenvalue weighted by atomic mass is 79.9. The van der Waals surface area contributed by atoms with Gasteiger partial charge >= 0.3 is 0 Å². The van der Waals surface area contributed by atoms with Gasteiger partial charge in [-0.15, -0.1) is 0 Å². The van der Waals surface area contributed by atoms with Crippen LogP contribution in [-0.4, -0.2) is 31.7 Å². The van der Waals surface area contributed by atoms with Crippen LogP contribution in [0, 0.1) is 17.6 Å². The van der Waals surface area contributed by atoms with Crippen LogP contribution in [0.5, 0.6) is 0 Å². The average Bonchev–Trinajstić information content (AvgIpc) is 2.65. The lowest BCUT2D eigenvalue weighted by atomic mass is 9.97. The lowest BCUT2D eigenvalue weighted by Gasteiger charge is -2.30. The molecule has 0 spiro atoms. The predicted molar refractivity (Wildman–Crippen MR) is 101 cm³/mol. The molecule has 1 heterocycles. The summed E-state index contributed by atoms with van der Waals surface area (Å²) in [6.07, 6.45) is 0.551. The number of piperidine rings is 1. The van der Waals surface area contributed by atoms with Crippen LogP contribution in [0.1, 0.15) is 12.8 Å². The Bertz CT molecular complexity index is 923. The molecule has 1 saturated heterocycles. The first kappa shape index (κ1) is 19.9. The maximum Gasteiger partial charge on any atom is 0.243 e. The Morgan fingerprint density at radius 1 is 1.04 bits per heavy atom. The van der Waals surface area contributed by atoms with Gasteiger partial charge in [-0.05, 0) is 49.2 Å². The van der Waals surface area contributed by atoms with Crippen LogP contribution in [0.15, 0.2) is 51.8 Å². The molecule has 2 aromatic rings. The molecule has 1 fully saturated rings. The third kappa shape index (κ3) is 4.36. The maximum atomic E-state index is 13.7.